The lowest BCUT2D eigenvalue weighted by molar-refractivity contribution is -0.141. The van der Waals surface area contributed by atoms with E-state index in [0.717, 1.165) is 4.57 Å². The lowest BCUT2D eigenvalue weighted by Gasteiger charge is -2.16. The molecule has 0 saturated heterocycles. The largest absolute Gasteiger partial charge is 0.480 e. The highest BCUT2D eigenvalue weighted by Gasteiger charge is 2.21. The summed E-state index contributed by atoms with van der Waals surface area (Å²) in [6.45, 7) is 4.25. The first-order chi connectivity index (χ1) is 8.73. The van der Waals surface area contributed by atoms with Crippen molar-refractivity contribution in [3.8, 4) is 0 Å². The molecule has 3 N–H and O–H groups in total. The van der Waals surface area contributed by atoms with Crippen LogP contribution in [0, 0.1) is 6.92 Å². The van der Waals surface area contributed by atoms with Crippen LogP contribution >= 0.6 is 0 Å². The number of amides is 1. The van der Waals surface area contributed by atoms with E-state index in [0.29, 0.717) is 0 Å². The summed E-state index contributed by atoms with van der Waals surface area (Å²) in [6.07, 6.45) is 1.26. The van der Waals surface area contributed by atoms with Gasteiger partial charge in [0, 0.05) is 11.8 Å². The first kappa shape index (κ1) is 14.7. The SMILES string of the molecule is Cc1cn(C(C)C(=O)N[C@@H](C)C(=O)O)c(=O)[nH]c1=O. The lowest BCUT2D eigenvalue weighted by Crippen LogP contribution is -2.44. The minimum absolute atomic E-state index is 0.283. The number of aliphatic carboxylic acids is 1. The Balaban J connectivity index is 3.01. The van der Waals surface area contributed by atoms with Crippen LogP contribution < -0.4 is 16.6 Å². The molecule has 0 aliphatic rings. The number of aromatic nitrogens is 2. The molecule has 2 atom stereocenters. The van der Waals surface area contributed by atoms with Gasteiger partial charge in [0.2, 0.25) is 5.91 Å². The van der Waals surface area contributed by atoms with E-state index in [1.54, 1.807) is 0 Å². The molecule has 8 heteroatoms. The van der Waals surface area contributed by atoms with Gasteiger partial charge in [-0.15, -0.1) is 0 Å². The number of carboxylic acid groups (broad SMARTS) is 1. The van der Waals surface area contributed by atoms with Gasteiger partial charge in [0.1, 0.15) is 12.1 Å². The van der Waals surface area contributed by atoms with Crippen molar-refractivity contribution in [3.05, 3.63) is 32.6 Å². The fourth-order valence-corrected chi connectivity index (χ4v) is 1.40. The number of hydrogen-bond acceptors (Lipinski definition) is 4. The zero-order chi connectivity index (χ0) is 14.7. The maximum atomic E-state index is 11.8. The third kappa shape index (κ3) is 3.30. The van der Waals surface area contributed by atoms with Crippen molar-refractivity contribution in [2.75, 3.05) is 0 Å². The molecule has 0 radical (unpaired) electrons. The highest BCUT2D eigenvalue weighted by Crippen LogP contribution is 2.02. The molecule has 0 bridgehead atoms. The maximum Gasteiger partial charge on any atom is 0.329 e. The second-order valence-electron chi connectivity index (χ2n) is 4.22. The number of carbonyl (C=O) groups is 2. The zero-order valence-electron chi connectivity index (χ0n) is 10.8. The summed E-state index contributed by atoms with van der Waals surface area (Å²) in [5, 5.41) is 10.9. The average Bonchev–Trinajstić information content (AvgIpc) is 2.32. The van der Waals surface area contributed by atoms with E-state index in [2.05, 4.69) is 10.3 Å². The summed E-state index contributed by atoms with van der Waals surface area (Å²) >= 11 is 0. The number of rotatable bonds is 4. The van der Waals surface area contributed by atoms with Crippen LogP contribution in [0.5, 0.6) is 0 Å². The summed E-state index contributed by atoms with van der Waals surface area (Å²) < 4.78 is 1.04. The van der Waals surface area contributed by atoms with E-state index in [-0.39, 0.29) is 5.56 Å². The fourth-order valence-electron chi connectivity index (χ4n) is 1.40. The fraction of sp³-hybridized carbons (Fsp3) is 0.455. The summed E-state index contributed by atoms with van der Waals surface area (Å²) in [7, 11) is 0. The van der Waals surface area contributed by atoms with E-state index < -0.39 is 35.2 Å². The van der Waals surface area contributed by atoms with Crippen LogP contribution in [-0.2, 0) is 9.59 Å². The second kappa shape index (κ2) is 5.51. The summed E-state index contributed by atoms with van der Waals surface area (Å²) in [6, 6.07) is -1.99. The third-order valence-electron chi connectivity index (χ3n) is 2.67. The maximum absolute atomic E-state index is 11.8. The summed E-state index contributed by atoms with van der Waals surface area (Å²) in [5.41, 5.74) is -0.959. The molecule has 1 amide bonds. The van der Waals surface area contributed by atoms with E-state index >= 15 is 0 Å². The predicted octanol–water partition coefficient (Wildman–Crippen LogP) is -1.00. The molecule has 1 aromatic rings. The lowest BCUT2D eigenvalue weighted by atomic mass is 10.2. The van der Waals surface area contributed by atoms with Gasteiger partial charge in [-0.3, -0.25) is 23.9 Å². The normalized spacial score (nSPS) is 13.6. The molecular weight excluding hydrogens is 254 g/mol. The van der Waals surface area contributed by atoms with Crippen molar-refractivity contribution in [1.82, 2.24) is 14.9 Å². The van der Waals surface area contributed by atoms with Gasteiger partial charge in [0.15, 0.2) is 0 Å². The van der Waals surface area contributed by atoms with Crippen LogP contribution in [0.25, 0.3) is 0 Å². The van der Waals surface area contributed by atoms with Crippen LogP contribution in [0.15, 0.2) is 15.8 Å². The molecule has 0 aliphatic carbocycles. The first-order valence-electron chi connectivity index (χ1n) is 5.59. The molecule has 1 aromatic heterocycles. The number of hydrogen-bond donors (Lipinski definition) is 3. The van der Waals surface area contributed by atoms with Crippen LogP contribution in [0.4, 0.5) is 0 Å². The topological polar surface area (TPSA) is 121 Å². The number of aryl methyl sites for hydroxylation is 1. The van der Waals surface area contributed by atoms with Gasteiger partial charge < -0.3 is 10.4 Å². The molecule has 0 saturated carbocycles. The molecule has 0 fully saturated rings. The number of H-pyrrole nitrogens is 1. The Kier molecular flexibility index (Phi) is 4.26. The Morgan fingerprint density at radius 1 is 1.37 bits per heavy atom. The zero-order valence-corrected chi connectivity index (χ0v) is 10.8. The highest BCUT2D eigenvalue weighted by molar-refractivity contribution is 5.85. The summed E-state index contributed by atoms with van der Waals surface area (Å²) in [4.78, 5) is 47.3. The van der Waals surface area contributed by atoms with Gasteiger partial charge in [-0.1, -0.05) is 0 Å². The van der Waals surface area contributed by atoms with Crippen molar-refractivity contribution >= 4 is 11.9 Å². The molecule has 0 aromatic carbocycles. The van der Waals surface area contributed by atoms with E-state index in [4.69, 9.17) is 5.11 Å². The Morgan fingerprint density at radius 3 is 2.47 bits per heavy atom. The third-order valence-corrected chi connectivity index (χ3v) is 2.67. The Morgan fingerprint density at radius 2 is 1.95 bits per heavy atom. The second-order valence-corrected chi connectivity index (χ2v) is 4.22. The summed E-state index contributed by atoms with van der Waals surface area (Å²) in [5.74, 6) is -1.80. The van der Waals surface area contributed by atoms with Crippen LogP contribution in [-0.4, -0.2) is 32.6 Å². The van der Waals surface area contributed by atoms with E-state index in [1.807, 2.05) is 0 Å². The van der Waals surface area contributed by atoms with Gasteiger partial charge in [0.25, 0.3) is 5.56 Å². The van der Waals surface area contributed by atoms with Crippen molar-refractivity contribution in [2.45, 2.75) is 32.9 Å². The molecule has 0 spiro atoms. The quantitative estimate of drug-likeness (QED) is 0.647. The van der Waals surface area contributed by atoms with E-state index in [1.165, 1.54) is 27.0 Å². The van der Waals surface area contributed by atoms with Crippen molar-refractivity contribution in [2.24, 2.45) is 0 Å². The van der Waals surface area contributed by atoms with Crippen LogP contribution in [0.2, 0.25) is 0 Å². The van der Waals surface area contributed by atoms with Gasteiger partial charge in [-0.05, 0) is 20.8 Å². The van der Waals surface area contributed by atoms with Crippen LogP contribution in [0.1, 0.15) is 25.5 Å². The molecule has 104 valence electrons. The van der Waals surface area contributed by atoms with Gasteiger partial charge >= 0.3 is 11.7 Å². The molecule has 1 heterocycles. The Labute approximate surface area is 108 Å². The predicted molar refractivity (Wildman–Crippen MR) is 66.0 cm³/mol. The molecule has 8 nitrogen and oxygen atoms in total. The van der Waals surface area contributed by atoms with Crippen molar-refractivity contribution in [1.29, 1.82) is 0 Å². The molecule has 1 unspecified atom stereocenters. The molecule has 19 heavy (non-hydrogen) atoms. The molecule has 1 rings (SSSR count). The minimum atomic E-state index is -1.18. The Hall–Kier alpha value is -2.38. The number of nitrogens with zero attached hydrogens (tertiary/aromatic N) is 1. The van der Waals surface area contributed by atoms with Crippen molar-refractivity contribution < 1.29 is 14.7 Å². The average molecular weight is 269 g/mol. The van der Waals surface area contributed by atoms with Gasteiger partial charge in [-0.25, -0.2) is 4.79 Å². The van der Waals surface area contributed by atoms with Crippen molar-refractivity contribution in [3.63, 3.8) is 0 Å². The van der Waals surface area contributed by atoms with Gasteiger partial charge in [-0.2, -0.15) is 0 Å². The minimum Gasteiger partial charge on any atom is -0.480 e. The molecule has 0 aliphatic heterocycles. The Bertz CT molecular complexity index is 615. The van der Waals surface area contributed by atoms with Crippen LogP contribution in [0.3, 0.4) is 0 Å². The monoisotopic (exact) mass is 269 g/mol. The number of nitrogens with one attached hydrogen (secondary N) is 2. The van der Waals surface area contributed by atoms with E-state index in [9.17, 15) is 19.2 Å². The number of aromatic amines is 1. The first-order valence-corrected chi connectivity index (χ1v) is 5.59. The number of carbonyl (C=O) groups excluding carboxylic acids is 1. The van der Waals surface area contributed by atoms with Gasteiger partial charge in [0.05, 0.1) is 0 Å². The number of carboxylic acids is 1. The molecular formula is C11H15N3O5. The standard InChI is InChI=1S/C11H15N3O5/c1-5-4-14(11(19)13-8(5)15)7(3)9(16)12-6(2)10(17)18/h4,6-7H,1-3H3,(H,12,16)(H,17,18)(H,13,15,19)/t6-,7?/m0/s1. The smallest absolute Gasteiger partial charge is 0.329 e. The highest BCUT2D eigenvalue weighted by atomic mass is 16.4.